The summed E-state index contributed by atoms with van der Waals surface area (Å²) in [6, 6.07) is 0. The van der Waals surface area contributed by atoms with Gasteiger partial charge in [-0.15, -0.1) is 0 Å². The van der Waals surface area contributed by atoms with Crippen LogP contribution in [0.3, 0.4) is 0 Å². The van der Waals surface area contributed by atoms with Gasteiger partial charge in [-0.2, -0.15) is 0 Å². The largest absolute Gasteiger partial charge is 0.356 e. The summed E-state index contributed by atoms with van der Waals surface area (Å²) in [5.41, 5.74) is -0.195. The molecule has 4 heteroatoms. The molecule has 0 aliphatic rings. The highest BCUT2D eigenvalue weighted by molar-refractivity contribution is 5.79. The van der Waals surface area contributed by atoms with E-state index in [1.165, 1.54) is 0 Å². The summed E-state index contributed by atoms with van der Waals surface area (Å²) in [4.78, 5) is 22.9. The fourth-order valence-electron chi connectivity index (χ4n) is 1.58. The molecule has 0 saturated heterocycles. The Morgan fingerprint density at radius 1 is 0.944 bits per heavy atom. The second-order valence-corrected chi connectivity index (χ2v) is 5.71. The number of hydrogen-bond acceptors (Lipinski definition) is 2. The molecule has 0 aliphatic carbocycles. The molecule has 0 rings (SSSR count). The Morgan fingerprint density at radius 2 is 1.56 bits per heavy atom. The van der Waals surface area contributed by atoms with E-state index in [-0.39, 0.29) is 17.4 Å². The lowest BCUT2D eigenvalue weighted by Gasteiger charge is -2.20. The van der Waals surface area contributed by atoms with E-state index < -0.39 is 0 Å². The number of amides is 2. The van der Waals surface area contributed by atoms with Gasteiger partial charge in [0, 0.05) is 24.9 Å². The molecule has 0 radical (unpaired) electrons. The van der Waals surface area contributed by atoms with Gasteiger partial charge in [0.15, 0.2) is 0 Å². The maximum absolute atomic E-state index is 11.5. The predicted molar refractivity (Wildman–Crippen MR) is 74.3 cm³/mol. The van der Waals surface area contributed by atoms with Crippen LogP contribution in [-0.4, -0.2) is 23.9 Å². The molecule has 0 aromatic rings. The van der Waals surface area contributed by atoms with Crippen molar-refractivity contribution in [1.82, 2.24) is 10.6 Å². The molecule has 2 amide bonds. The summed E-state index contributed by atoms with van der Waals surface area (Å²) in [5.74, 6) is 0.0657. The van der Waals surface area contributed by atoms with Crippen molar-refractivity contribution in [2.24, 2.45) is 0 Å². The van der Waals surface area contributed by atoms with Gasteiger partial charge >= 0.3 is 0 Å². The van der Waals surface area contributed by atoms with Crippen molar-refractivity contribution in [3.63, 3.8) is 0 Å². The van der Waals surface area contributed by atoms with Crippen molar-refractivity contribution in [3.8, 4) is 0 Å². The molecule has 18 heavy (non-hydrogen) atoms. The lowest BCUT2D eigenvalue weighted by Crippen LogP contribution is -2.40. The standard InChI is InChI=1S/C14H28N2O2/c1-5-6-7-11-15-12(17)9-8-10-13(18)16-14(2,3)4/h5-11H2,1-4H3,(H,15,17)(H,16,18). The van der Waals surface area contributed by atoms with E-state index in [2.05, 4.69) is 17.6 Å². The van der Waals surface area contributed by atoms with Crippen molar-refractivity contribution < 1.29 is 9.59 Å². The molecule has 0 atom stereocenters. The minimum absolute atomic E-state index is 0.0151. The zero-order valence-electron chi connectivity index (χ0n) is 12.3. The molecule has 0 heterocycles. The fraction of sp³-hybridized carbons (Fsp3) is 0.857. The van der Waals surface area contributed by atoms with Crippen LogP contribution >= 0.6 is 0 Å². The Kier molecular flexibility index (Phi) is 8.42. The molecular weight excluding hydrogens is 228 g/mol. The normalized spacial score (nSPS) is 11.1. The first kappa shape index (κ1) is 16.9. The van der Waals surface area contributed by atoms with Gasteiger partial charge in [-0.1, -0.05) is 19.8 Å². The third kappa shape index (κ3) is 11.4. The second kappa shape index (κ2) is 8.95. The van der Waals surface area contributed by atoms with Crippen LogP contribution in [0.2, 0.25) is 0 Å². The van der Waals surface area contributed by atoms with Crippen molar-refractivity contribution in [2.45, 2.75) is 71.8 Å². The average molecular weight is 256 g/mol. The van der Waals surface area contributed by atoms with Crippen LogP contribution in [0.1, 0.15) is 66.2 Å². The minimum Gasteiger partial charge on any atom is -0.356 e. The number of unbranched alkanes of at least 4 members (excludes halogenated alkanes) is 2. The third-order valence-electron chi connectivity index (χ3n) is 2.42. The fourth-order valence-corrected chi connectivity index (χ4v) is 1.58. The van der Waals surface area contributed by atoms with E-state index in [1.54, 1.807) is 0 Å². The highest BCUT2D eigenvalue weighted by Gasteiger charge is 2.13. The molecule has 0 spiro atoms. The quantitative estimate of drug-likeness (QED) is 0.655. The smallest absolute Gasteiger partial charge is 0.220 e. The van der Waals surface area contributed by atoms with Gasteiger partial charge in [0.05, 0.1) is 0 Å². The van der Waals surface area contributed by atoms with Gasteiger partial charge in [-0.3, -0.25) is 9.59 Å². The molecule has 0 saturated carbocycles. The summed E-state index contributed by atoms with van der Waals surface area (Å²) in [5, 5.41) is 5.75. The monoisotopic (exact) mass is 256 g/mol. The van der Waals surface area contributed by atoms with Crippen LogP contribution < -0.4 is 10.6 Å². The Morgan fingerprint density at radius 3 is 2.11 bits per heavy atom. The number of carbonyl (C=O) groups is 2. The highest BCUT2D eigenvalue weighted by Crippen LogP contribution is 2.02. The van der Waals surface area contributed by atoms with Crippen LogP contribution in [0, 0.1) is 0 Å². The first-order chi connectivity index (χ1) is 8.35. The molecule has 0 aliphatic heterocycles. The Bertz CT molecular complexity index is 257. The Labute approximate surface area is 111 Å². The van der Waals surface area contributed by atoms with Gasteiger partial charge in [-0.25, -0.2) is 0 Å². The van der Waals surface area contributed by atoms with Crippen molar-refractivity contribution in [3.05, 3.63) is 0 Å². The molecule has 2 N–H and O–H groups in total. The van der Waals surface area contributed by atoms with E-state index in [4.69, 9.17) is 0 Å². The Hall–Kier alpha value is -1.06. The van der Waals surface area contributed by atoms with E-state index in [0.29, 0.717) is 19.3 Å². The zero-order valence-corrected chi connectivity index (χ0v) is 12.3. The number of rotatable bonds is 8. The van der Waals surface area contributed by atoms with Gasteiger partial charge in [0.1, 0.15) is 0 Å². The molecule has 106 valence electrons. The molecule has 0 aromatic carbocycles. The van der Waals surface area contributed by atoms with Crippen LogP contribution in [0.25, 0.3) is 0 Å². The highest BCUT2D eigenvalue weighted by atomic mass is 16.2. The maximum Gasteiger partial charge on any atom is 0.220 e. The average Bonchev–Trinajstić information content (AvgIpc) is 2.22. The second-order valence-electron chi connectivity index (χ2n) is 5.71. The maximum atomic E-state index is 11.5. The van der Waals surface area contributed by atoms with E-state index in [9.17, 15) is 9.59 Å². The molecular formula is C14H28N2O2. The number of hydrogen-bond donors (Lipinski definition) is 2. The van der Waals surface area contributed by atoms with Crippen molar-refractivity contribution in [2.75, 3.05) is 6.54 Å². The number of nitrogens with one attached hydrogen (secondary N) is 2. The summed E-state index contributed by atoms with van der Waals surface area (Å²) in [7, 11) is 0. The zero-order chi connectivity index (χ0) is 14.0. The molecule has 0 unspecified atom stereocenters. The first-order valence-electron chi connectivity index (χ1n) is 6.93. The summed E-state index contributed by atoms with van der Waals surface area (Å²) in [6.45, 7) is 8.73. The minimum atomic E-state index is -0.195. The van der Waals surface area contributed by atoms with E-state index in [0.717, 1.165) is 25.8 Å². The van der Waals surface area contributed by atoms with Gasteiger partial charge < -0.3 is 10.6 Å². The van der Waals surface area contributed by atoms with E-state index >= 15 is 0 Å². The van der Waals surface area contributed by atoms with Crippen LogP contribution in [-0.2, 0) is 9.59 Å². The lowest BCUT2D eigenvalue weighted by molar-refractivity contribution is -0.123. The number of carbonyl (C=O) groups excluding carboxylic acids is 2. The van der Waals surface area contributed by atoms with Gasteiger partial charge in [0.2, 0.25) is 11.8 Å². The molecule has 4 nitrogen and oxygen atoms in total. The van der Waals surface area contributed by atoms with E-state index in [1.807, 2.05) is 20.8 Å². The van der Waals surface area contributed by atoms with Gasteiger partial charge in [-0.05, 0) is 33.6 Å². The van der Waals surface area contributed by atoms with Crippen molar-refractivity contribution >= 4 is 11.8 Å². The topological polar surface area (TPSA) is 58.2 Å². The third-order valence-corrected chi connectivity index (χ3v) is 2.42. The summed E-state index contributed by atoms with van der Waals surface area (Å²) < 4.78 is 0. The summed E-state index contributed by atoms with van der Waals surface area (Å²) in [6.07, 6.45) is 4.80. The lowest BCUT2D eigenvalue weighted by atomic mass is 10.1. The Balaban J connectivity index is 3.53. The van der Waals surface area contributed by atoms with Gasteiger partial charge in [0.25, 0.3) is 0 Å². The van der Waals surface area contributed by atoms with Crippen LogP contribution in [0.15, 0.2) is 0 Å². The summed E-state index contributed by atoms with van der Waals surface area (Å²) >= 11 is 0. The predicted octanol–water partition coefficient (Wildman–Crippen LogP) is 2.38. The first-order valence-corrected chi connectivity index (χ1v) is 6.93. The molecule has 0 bridgehead atoms. The van der Waals surface area contributed by atoms with Crippen LogP contribution in [0.5, 0.6) is 0 Å². The van der Waals surface area contributed by atoms with Crippen molar-refractivity contribution in [1.29, 1.82) is 0 Å². The SMILES string of the molecule is CCCCCNC(=O)CCCC(=O)NC(C)(C)C. The molecule has 0 fully saturated rings. The van der Waals surface area contributed by atoms with Crippen LogP contribution in [0.4, 0.5) is 0 Å². The molecule has 0 aromatic heterocycles.